The first-order chi connectivity index (χ1) is 14.9. The Kier molecular flexibility index (Phi) is 6.73. The standard InChI is InChI=1S/C25H37NO5/c1-24-12-11-21-25(2,16-30-23(31-21)15-29-3)20(24)10-9-19(27)18(24)13-22(28)26-14-17-7-5-4-6-8-17/h4-8,18-21,23,27H,9-16H2,1-3H3,(H,26,28). The molecule has 2 N–H and O–H groups in total. The van der Waals surface area contributed by atoms with Crippen molar-refractivity contribution in [3.63, 3.8) is 0 Å². The number of nitrogens with one attached hydrogen (secondary N) is 1. The van der Waals surface area contributed by atoms with Gasteiger partial charge in [-0.1, -0.05) is 44.2 Å². The average Bonchev–Trinajstić information content (AvgIpc) is 2.76. The average molecular weight is 432 g/mol. The minimum atomic E-state index is -0.449. The van der Waals surface area contributed by atoms with Crippen LogP contribution in [0.1, 0.15) is 51.5 Å². The predicted molar refractivity (Wildman–Crippen MR) is 117 cm³/mol. The molecule has 1 heterocycles. The van der Waals surface area contributed by atoms with Crippen molar-refractivity contribution in [3.05, 3.63) is 35.9 Å². The van der Waals surface area contributed by atoms with Crippen LogP contribution in [0.4, 0.5) is 0 Å². The molecule has 2 aliphatic carbocycles. The highest BCUT2D eigenvalue weighted by molar-refractivity contribution is 5.76. The number of carbonyl (C=O) groups is 1. The molecule has 7 unspecified atom stereocenters. The van der Waals surface area contributed by atoms with Crippen LogP contribution in [0.3, 0.4) is 0 Å². The molecule has 1 aliphatic heterocycles. The van der Waals surface area contributed by atoms with Gasteiger partial charge in [0.25, 0.3) is 0 Å². The normalized spacial score (nSPS) is 39.9. The first-order valence-electron chi connectivity index (χ1n) is 11.6. The molecule has 4 rings (SSSR count). The van der Waals surface area contributed by atoms with Crippen LogP contribution in [0, 0.1) is 22.7 Å². The summed E-state index contributed by atoms with van der Waals surface area (Å²) < 4.78 is 17.5. The highest BCUT2D eigenvalue weighted by Crippen LogP contribution is 2.62. The zero-order valence-corrected chi connectivity index (χ0v) is 19.0. The van der Waals surface area contributed by atoms with E-state index in [1.54, 1.807) is 7.11 Å². The molecular formula is C25H37NO5. The number of hydrogen-bond acceptors (Lipinski definition) is 5. The highest BCUT2D eigenvalue weighted by atomic mass is 16.7. The zero-order valence-electron chi connectivity index (χ0n) is 19.0. The van der Waals surface area contributed by atoms with Crippen molar-refractivity contribution in [1.29, 1.82) is 0 Å². The fourth-order valence-electron chi connectivity index (χ4n) is 6.58. The summed E-state index contributed by atoms with van der Waals surface area (Å²) in [5.74, 6) is 0.299. The van der Waals surface area contributed by atoms with Crippen LogP contribution in [0.2, 0.25) is 0 Å². The number of benzene rings is 1. The number of ether oxygens (including phenoxy) is 3. The van der Waals surface area contributed by atoms with Crippen LogP contribution in [-0.4, -0.2) is 49.8 Å². The number of rotatable bonds is 6. The van der Waals surface area contributed by atoms with Crippen LogP contribution < -0.4 is 5.32 Å². The second kappa shape index (κ2) is 9.18. The summed E-state index contributed by atoms with van der Waals surface area (Å²) >= 11 is 0. The Balaban J connectivity index is 1.45. The van der Waals surface area contributed by atoms with E-state index in [1.165, 1.54) is 0 Å². The van der Waals surface area contributed by atoms with Crippen LogP contribution in [0.25, 0.3) is 0 Å². The van der Waals surface area contributed by atoms with E-state index in [0.29, 0.717) is 32.1 Å². The summed E-state index contributed by atoms with van der Waals surface area (Å²) in [6.07, 6.45) is 3.26. The Morgan fingerprint density at radius 3 is 2.71 bits per heavy atom. The Hall–Kier alpha value is -1.47. The summed E-state index contributed by atoms with van der Waals surface area (Å²) in [7, 11) is 1.66. The maximum Gasteiger partial charge on any atom is 0.220 e. The van der Waals surface area contributed by atoms with Crippen LogP contribution in [0.5, 0.6) is 0 Å². The van der Waals surface area contributed by atoms with Crippen molar-refractivity contribution in [1.82, 2.24) is 5.32 Å². The molecule has 1 aromatic carbocycles. The van der Waals surface area contributed by atoms with Gasteiger partial charge < -0.3 is 24.6 Å². The van der Waals surface area contributed by atoms with Crippen molar-refractivity contribution < 1.29 is 24.1 Å². The van der Waals surface area contributed by atoms with Gasteiger partial charge in [-0.3, -0.25) is 4.79 Å². The molecule has 1 amide bonds. The lowest BCUT2D eigenvalue weighted by Crippen LogP contribution is -2.63. The molecule has 0 spiro atoms. The molecule has 7 atom stereocenters. The van der Waals surface area contributed by atoms with Gasteiger partial charge in [-0.05, 0) is 48.5 Å². The minimum absolute atomic E-state index is 0.0124. The maximum atomic E-state index is 12.8. The van der Waals surface area contributed by atoms with E-state index in [1.807, 2.05) is 30.3 Å². The molecule has 6 heteroatoms. The molecular weight excluding hydrogens is 394 g/mol. The lowest BCUT2D eigenvalue weighted by atomic mass is 9.46. The molecule has 3 fully saturated rings. The number of amides is 1. The molecule has 2 saturated carbocycles. The van der Waals surface area contributed by atoms with E-state index in [-0.39, 0.29) is 35.0 Å². The Morgan fingerprint density at radius 1 is 1.19 bits per heavy atom. The number of methoxy groups -OCH3 is 1. The van der Waals surface area contributed by atoms with Crippen LogP contribution >= 0.6 is 0 Å². The third kappa shape index (κ3) is 4.40. The first-order valence-corrected chi connectivity index (χ1v) is 11.6. The monoisotopic (exact) mass is 431 g/mol. The second-order valence-corrected chi connectivity index (χ2v) is 10.1. The Labute approximate surface area is 185 Å². The Morgan fingerprint density at radius 2 is 1.97 bits per heavy atom. The topological polar surface area (TPSA) is 77.0 Å². The second-order valence-electron chi connectivity index (χ2n) is 10.1. The number of aliphatic hydroxyl groups excluding tert-OH is 1. The lowest BCUT2D eigenvalue weighted by Gasteiger charge is -2.62. The van der Waals surface area contributed by atoms with E-state index >= 15 is 0 Å². The minimum Gasteiger partial charge on any atom is -0.393 e. The molecule has 3 aliphatic rings. The van der Waals surface area contributed by atoms with E-state index in [0.717, 1.165) is 31.2 Å². The quantitative estimate of drug-likeness (QED) is 0.723. The van der Waals surface area contributed by atoms with Crippen molar-refractivity contribution in [2.75, 3.05) is 20.3 Å². The number of carbonyl (C=O) groups excluding carboxylic acids is 1. The van der Waals surface area contributed by atoms with Crippen molar-refractivity contribution >= 4 is 5.91 Å². The van der Waals surface area contributed by atoms with Gasteiger partial charge in [-0.15, -0.1) is 0 Å². The van der Waals surface area contributed by atoms with Gasteiger partial charge in [-0.25, -0.2) is 0 Å². The fraction of sp³-hybridized carbons (Fsp3) is 0.720. The van der Waals surface area contributed by atoms with Gasteiger partial charge >= 0.3 is 0 Å². The molecule has 1 aromatic rings. The van der Waals surface area contributed by atoms with Crippen LogP contribution in [0.15, 0.2) is 30.3 Å². The SMILES string of the molecule is COCC1OCC2(C)C(CCC3(C)C(CC(=O)NCc4ccccc4)C(O)CCC23)O1. The zero-order chi connectivity index (χ0) is 22.1. The van der Waals surface area contributed by atoms with Crippen LogP contribution in [-0.2, 0) is 25.5 Å². The molecule has 1 saturated heterocycles. The van der Waals surface area contributed by atoms with Gasteiger partial charge in [0.15, 0.2) is 6.29 Å². The van der Waals surface area contributed by atoms with Crippen molar-refractivity contribution in [3.8, 4) is 0 Å². The smallest absolute Gasteiger partial charge is 0.220 e. The molecule has 0 aromatic heterocycles. The third-order valence-electron chi connectivity index (χ3n) is 8.27. The molecule has 172 valence electrons. The van der Waals surface area contributed by atoms with E-state index < -0.39 is 6.10 Å². The number of aliphatic hydroxyl groups is 1. The van der Waals surface area contributed by atoms with E-state index in [2.05, 4.69) is 19.2 Å². The van der Waals surface area contributed by atoms with Gasteiger partial charge in [0.2, 0.25) is 5.91 Å². The van der Waals surface area contributed by atoms with Crippen molar-refractivity contribution in [2.24, 2.45) is 22.7 Å². The summed E-state index contributed by atoms with van der Waals surface area (Å²) in [6, 6.07) is 9.94. The number of fused-ring (bicyclic) bond motifs is 3. The third-order valence-corrected chi connectivity index (χ3v) is 8.27. The summed E-state index contributed by atoms with van der Waals surface area (Å²) in [5.41, 5.74) is 0.850. The Bertz CT molecular complexity index is 758. The predicted octanol–water partition coefficient (Wildman–Crippen LogP) is 3.27. The van der Waals surface area contributed by atoms with Gasteiger partial charge in [0.05, 0.1) is 25.4 Å². The van der Waals surface area contributed by atoms with Gasteiger partial charge in [0, 0.05) is 25.5 Å². The van der Waals surface area contributed by atoms with E-state index in [9.17, 15) is 9.90 Å². The van der Waals surface area contributed by atoms with Crippen molar-refractivity contribution in [2.45, 2.75) is 71.0 Å². The molecule has 0 bridgehead atoms. The summed E-state index contributed by atoms with van der Waals surface area (Å²) in [6.45, 7) is 6.14. The molecule has 31 heavy (non-hydrogen) atoms. The summed E-state index contributed by atoms with van der Waals surface area (Å²) in [5, 5.41) is 14.0. The fourth-order valence-corrected chi connectivity index (χ4v) is 6.58. The maximum absolute atomic E-state index is 12.8. The molecule has 6 nitrogen and oxygen atoms in total. The number of hydrogen-bond donors (Lipinski definition) is 2. The van der Waals surface area contributed by atoms with Gasteiger partial charge in [-0.2, -0.15) is 0 Å². The van der Waals surface area contributed by atoms with E-state index in [4.69, 9.17) is 14.2 Å². The summed E-state index contributed by atoms with van der Waals surface area (Å²) in [4.78, 5) is 12.8. The lowest BCUT2D eigenvalue weighted by molar-refractivity contribution is -0.315. The van der Waals surface area contributed by atoms with Gasteiger partial charge in [0.1, 0.15) is 0 Å². The largest absolute Gasteiger partial charge is 0.393 e. The highest BCUT2D eigenvalue weighted by Gasteiger charge is 2.61. The molecule has 0 radical (unpaired) electrons. The first kappa shape index (κ1) is 22.7.